The molecule has 5 rings (SSSR count). The average molecular weight is 398 g/mol. The van der Waals surface area contributed by atoms with Gasteiger partial charge in [-0.2, -0.15) is 5.26 Å². The summed E-state index contributed by atoms with van der Waals surface area (Å²) in [6, 6.07) is 20.3. The van der Waals surface area contributed by atoms with Crippen molar-refractivity contribution in [2.45, 2.75) is 19.5 Å². The molecule has 0 unspecified atom stereocenters. The normalized spacial score (nSPS) is 16.9. The van der Waals surface area contributed by atoms with Gasteiger partial charge in [-0.1, -0.05) is 48.5 Å². The Morgan fingerprint density at radius 3 is 2.76 bits per heavy atom. The first-order valence-corrected chi connectivity index (χ1v) is 10.3. The lowest BCUT2D eigenvalue weighted by atomic mass is 10.0. The second-order valence-corrected chi connectivity index (χ2v) is 8.29. The van der Waals surface area contributed by atoms with Crippen molar-refractivity contribution >= 4 is 33.6 Å². The maximum Gasteiger partial charge on any atom is 0.275 e. The largest absolute Gasteiger partial charge is 0.320 e. The van der Waals surface area contributed by atoms with Crippen LogP contribution in [0.2, 0.25) is 0 Å². The summed E-state index contributed by atoms with van der Waals surface area (Å²) < 4.78 is 0. The van der Waals surface area contributed by atoms with Crippen LogP contribution >= 0.6 is 11.3 Å². The Hall–Kier alpha value is -3.27. The fourth-order valence-electron chi connectivity index (χ4n) is 3.93. The molecule has 3 aromatic rings. The second-order valence-electron chi connectivity index (χ2n) is 7.20. The van der Waals surface area contributed by atoms with Crippen LogP contribution in [-0.4, -0.2) is 23.1 Å². The number of carbonyl (C=O) groups is 1. The molecule has 1 aromatic heterocycles. The molecule has 2 aliphatic heterocycles. The van der Waals surface area contributed by atoms with E-state index in [0.717, 1.165) is 42.9 Å². The number of nitriles is 1. The van der Waals surface area contributed by atoms with Crippen molar-refractivity contribution < 1.29 is 4.79 Å². The molecular weight excluding hydrogens is 380 g/mol. The third-order valence-electron chi connectivity index (χ3n) is 5.34. The van der Waals surface area contributed by atoms with Gasteiger partial charge in [0.2, 0.25) is 0 Å². The first-order chi connectivity index (χ1) is 14.2. The summed E-state index contributed by atoms with van der Waals surface area (Å²) in [5, 5.41) is 13.3. The number of hydrogen-bond donors (Lipinski definition) is 1. The van der Waals surface area contributed by atoms with Crippen molar-refractivity contribution in [2.24, 2.45) is 4.99 Å². The number of aliphatic imine (C=N–C) groups is 1. The van der Waals surface area contributed by atoms with E-state index in [9.17, 15) is 10.1 Å². The van der Waals surface area contributed by atoms with E-state index < -0.39 is 0 Å². The maximum absolute atomic E-state index is 12.4. The third-order valence-corrected chi connectivity index (χ3v) is 6.45. The highest BCUT2D eigenvalue weighted by atomic mass is 32.1. The molecule has 0 fully saturated rings. The maximum atomic E-state index is 12.4. The summed E-state index contributed by atoms with van der Waals surface area (Å²) >= 11 is 1.53. The molecule has 2 aromatic carbocycles. The predicted molar refractivity (Wildman–Crippen MR) is 115 cm³/mol. The minimum absolute atomic E-state index is 0.216. The molecule has 3 heterocycles. The van der Waals surface area contributed by atoms with Gasteiger partial charge in [0, 0.05) is 30.1 Å². The zero-order valence-electron chi connectivity index (χ0n) is 15.7. The Morgan fingerprint density at radius 2 is 1.93 bits per heavy atom. The van der Waals surface area contributed by atoms with Crippen molar-refractivity contribution in [1.29, 1.82) is 5.26 Å². The van der Waals surface area contributed by atoms with E-state index in [1.807, 2.05) is 30.3 Å². The lowest BCUT2D eigenvalue weighted by molar-refractivity contribution is -0.110. The quantitative estimate of drug-likeness (QED) is 0.717. The Morgan fingerprint density at radius 1 is 1.14 bits per heavy atom. The number of anilines is 1. The number of benzene rings is 2. The summed E-state index contributed by atoms with van der Waals surface area (Å²) in [7, 11) is 0. The first-order valence-electron chi connectivity index (χ1n) is 9.53. The Kier molecular flexibility index (Phi) is 4.47. The van der Waals surface area contributed by atoms with Crippen molar-refractivity contribution in [3.8, 4) is 6.07 Å². The van der Waals surface area contributed by atoms with E-state index in [0.29, 0.717) is 16.3 Å². The summed E-state index contributed by atoms with van der Waals surface area (Å²) in [6.45, 7) is 2.60. The minimum Gasteiger partial charge on any atom is -0.320 e. The Balaban J connectivity index is 1.47. The van der Waals surface area contributed by atoms with E-state index in [1.54, 1.807) is 0 Å². The van der Waals surface area contributed by atoms with E-state index in [-0.39, 0.29) is 5.91 Å². The molecule has 0 saturated heterocycles. The molecule has 5 nitrogen and oxygen atoms in total. The molecule has 0 aliphatic carbocycles. The lowest BCUT2D eigenvalue weighted by Gasteiger charge is -2.26. The number of fused-ring (bicyclic) bond motifs is 2. The van der Waals surface area contributed by atoms with E-state index >= 15 is 0 Å². The molecule has 0 saturated carbocycles. The number of thiophene rings is 1. The summed E-state index contributed by atoms with van der Waals surface area (Å²) in [4.78, 5) is 20.6. The zero-order chi connectivity index (χ0) is 19.8. The Labute approximate surface area is 172 Å². The fourth-order valence-corrected chi connectivity index (χ4v) is 5.14. The minimum atomic E-state index is -0.216. The number of nitrogens with one attached hydrogen (secondary N) is 1. The molecule has 0 atom stereocenters. The van der Waals surface area contributed by atoms with Crippen LogP contribution in [0.4, 0.5) is 10.7 Å². The van der Waals surface area contributed by atoms with E-state index in [4.69, 9.17) is 0 Å². The molecule has 2 aliphatic rings. The molecule has 142 valence electrons. The van der Waals surface area contributed by atoms with Gasteiger partial charge in [0.05, 0.1) is 11.3 Å². The van der Waals surface area contributed by atoms with Gasteiger partial charge >= 0.3 is 0 Å². The SMILES string of the molecule is N#Cc1c(/N=C2/C(=O)Nc3ccccc32)sc2c1CCN(Cc1ccccc1)C2. The standard InChI is InChI=1S/C23H18N4OS/c24-12-18-16-10-11-27(13-15-6-2-1-3-7-15)14-20(16)29-23(18)26-21-17-8-4-5-9-19(17)25-22(21)28/h1-9H,10-11,13-14H2,(H,25,26,28). The summed E-state index contributed by atoms with van der Waals surface area (Å²) in [5.74, 6) is -0.216. The van der Waals surface area contributed by atoms with Gasteiger partial charge in [-0.05, 0) is 23.6 Å². The fraction of sp³-hybridized carbons (Fsp3) is 0.174. The van der Waals surface area contributed by atoms with Crippen LogP contribution < -0.4 is 5.32 Å². The molecule has 0 bridgehead atoms. The second kappa shape index (κ2) is 7.28. The number of carbonyl (C=O) groups excluding carboxylic acids is 1. The van der Waals surface area contributed by atoms with E-state index in [2.05, 4.69) is 45.5 Å². The topological polar surface area (TPSA) is 68.5 Å². The predicted octanol–water partition coefficient (Wildman–Crippen LogP) is 4.25. The molecule has 0 radical (unpaired) electrons. The van der Waals surface area contributed by atoms with Crippen LogP contribution in [0.5, 0.6) is 0 Å². The van der Waals surface area contributed by atoms with Crippen molar-refractivity contribution in [1.82, 2.24) is 4.90 Å². The molecular formula is C23H18N4OS. The molecule has 1 amide bonds. The molecule has 1 N–H and O–H groups in total. The van der Waals surface area contributed by atoms with Gasteiger partial charge in [-0.15, -0.1) is 11.3 Å². The Bertz CT molecular complexity index is 1170. The van der Waals surface area contributed by atoms with Crippen LogP contribution in [0.15, 0.2) is 59.6 Å². The van der Waals surface area contributed by atoms with Gasteiger partial charge in [0.1, 0.15) is 16.8 Å². The first kappa shape index (κ1) is 17.8. The van der Waals surface area contributed by atoms with Crippen LogP contribution in [0.25, 0.3) is 0 Å². The third kappa shape index (κ3) is 3.25. The molecule has 29 heavy (non-hydrogen) atoms. The monoisotopic (exact) mass is 398 g/mol. The smallest absolute Gasteiger partial charge is 0.275 e. The van der Waals surface area contributed by atoms with Crippen molar-refractivity contribution in [3.63, 3.8) is 0 Å². The zero-order valence-corrected chi connectivity index (χ0v) is 16.5. The lowest BCUT2D eigenvalue weighted by Crippen LogP contribution is -2.29. The average Bonchev–Trinajstić information content (AvgIpc) is 3.25. The number of hydrogen-bond acceptors (Lipinski definition) is 5. The van der Waals surface area contributed by atoms with Crippen LogP contribution in [-0.2, 0) is 24.3 Å². The van der Waals surface area contributed by atoms with E-state index in [1.165, 1.54) is 21.8 Å². The van der Waals surface area contributed by atoms with Crippen LogP contribution in [0.1, 0.15) is 27.1 Å². The summed E-state index contributed by atoms with van der Waals surface area (Å²) in [5.41, 5.74) is 4.94. The molecule has 0 spiro atoms. The van der Waals surface area contributed by atoms with Gasteiger partial charge in [0.15, 0.2) is 0 Å². The highest BCUT2D eigenvalue weighted by Crippen LogP contribution is 2.40. The van der Waals surface area contributed by atoms with Crippen molar-refractivity contribution in [3.05, 3.63) is 81.7 Å². The van der Waals surface area contributed by atoms with Crippen LogP contribution in [0, 0.1) is 11.3 Å². The highest BCUT2D eigenvalue weighted by Gasteiger charge is 2.28. The number of amides is 1. The van der Waals surface area contributed by atoms with Crippen molar-refractivity contribution in [2.75, 3.05) is 11.9 Å². The van der Waals surface area contributed by atoms with Gasteiger partial charge in [-0.25, -0.2) is 4.99 Å². The van der Waals surface area contributed by atoms with Crippen LogP contribution in [0.3, 0.4) is 0 Å². The molecule has 6 heteroatoms. The van der Waals surface area contributed by atoms with Gasteiger partial charge < -0.3 is 5.32 Å². The summed E-state index contributed by atoms with van der Waals surface area (Å²) in [6.07, 6.45) is 0.829. The number of nitrogens with zero attached hydrogens (tertiary/aromatic N) is 3. The number of para-hydroxylation sites is 1. The van der Waals surface area contributed by atoms with Gasteiger partial charge in [0.25, 0.3) is 5.91 Å². The highest BCUT2D eigenvalue weighted by molar-refractivity contribution is 7.16. The van der Waals surface area contributed by atoms with Gasteiger partial charge in [-0.3, -0.25) is 9.69 Å². The number of rotatable bonds is 3.